The maximum atomic E-state index is 4.20. The van der Waals surface area contributed by atoms with E-state index in [0.717, 1.165) is 14.4 Å². The van der Waals surface area contributed by atoms with E-state index in [0.29, 0.717) is 5.25 Å². The monoisotopic (exact) mass is 283 g/mol. The van der Waals surface area contributed by atoms with Gasteiger partial charge in [0.15, 0.2) is 8.68 Å². The molecule has 0 amide bonds. The van der Waals surface area contributed by atoms with Crippen molar-refractivity contribution >= 4 is 34.9 Å². The van der Waals surface area contributed by atoms with E-state index in [-0.39, 0.29) is 0 Å². The van der Waals surface area contributed by atoms with Crippen molar-refractivity contribution in [2.24, 2.45) is 0 Å². The molecule has 0 bridgehead atoms. The Kier molecular flexibility index (Phi) is 4.82. The lowest BCUT2D eigenvalue weighted by atomic mass is 10.2. The molecule has 1 unspecified atom stereocenters. The Hall–Kier alpha value is -0.590. The van der Waals surface area contributed by atoms with Crippen LogP contribution in [0.15, 0.2) is 33.2 Å². The number of hydrogen-bond donors (Lipinski definition) is 0. The number of pyridine rings is 1. The molecular formula is C11H13N3S3. The number of nitrogens with zero attached hydrogens (tertiary/aromatic N) is 3. The zero-order valence-corrected chi connectivity index (χ0v) is 12.1. The maximum absolute atomic E-state index is 4.20. The Labute approximate surface area is 113 Å². The summed E-state index contributed by atoms with van der Waals surface area (Å²) < 4.78 is 2.09. The highest BCUT2D eigenvalue weighted by atomic mass is 32.2. The van der Waals surface area contributed by atoms with Crippen molar-refractivity contribution in [1.29, 1.82) is 0 Å². The highest BCUT2D eigenvalue weighted by Gasteiger charge is 2.11. The van der Waals surface area contributed by atoms with E-state index in [1.807, 2.05) is 24.5 Å². The molecule has 2 aromatic heterocycles. The van der Waals surface area contributed by atoms with Gasteiger partial charge in [-0.3, -0.25) is 4.98 Å². The van der Waals surface area contributed by atoms with Crippen LogP contribution in [0.3, 0.4) is 0 Å². The van der Waals surface area contributed by atoms with Gasteiger partial charge in [-0.25, -0.2) is 0 Å². The highest BCUT2D eigenvalue weighted by molar-refractivity contribution is 8.03. The summed E-state index contributed by atoms with van der Waals surface area (Å²) >= 11 is 5.16. The quantitative estimate of drug-likeness (QED) is 0.778. The van der Waals surface area contributed by atoms with Gasteiger partial charge in [-0.1, -0.05) is 41.8 Å². The van der Waals surface area contributed by atoms with Gasteiger partial charge in [0.1, 0.15) is 0 Å². The second-order valence-corrected chi connectivity index (χ2v) is 7.38. The molecular weight excluding hydrogens is 270 g/mol. The van der Waals surface area contributed by atoms with Crippen LogP contribution in [0.1, 0.15) is 24.7 Å². The molecule has 2 aromatic rings. The third kappa shape index (κ3) is 3.69. The van der Waals surface area contributed by atoms with Crippen LogP contribution >= 0.6 is 34.9 Å². The van der Waals surface area contributed by atoms with Crippen molar-refractivity contribution in [3.8, 4) is 0 Å². The first-order valence-electron chi connectivity index (χ1n) is 5.32. The minimum absolute atomic E-state index is 0.380. The topological polar surface area (TPSA) is 38.7 Å². The van der Waals surface area contributed by atoms with Crippen LogP contribution in [-0.2, 0) is 0 Å². The van der Waals surface area contributed by atoms with Crippen LogP contribution in [0, 0.1) is 0 Å². The Morgan fingerprint density at radius 2 is 1.94 bits per heavy atom. The summed E-state index contributed by atoms with van der Waals surface area (Å²) in [5.41, 5.74) is 1.27. The molecule has 0 aliphatic heterocycles. The largest absolute Gasteiger partial charge is 0.265 e. The fourth-order valence-corrected chi connectivity index (χ4v) is 4.47. The normalized spacial score (nSPS) is 12.6. The van der Waals surface area contributed by atoms with Crippen LogP contribution in [0.4, 0.5) is 0 Å². The van der Waals surface area contributed by atoms with E-state index in [2.05, 4.69) is 29.0 Å². The molecule has 17 heavy (non-hydrogen) atoms. The van der Waals surface area contributed by atoms with Crippen LogP contribution < -0.4 is 0 Å². The maximum Gasteiger partial charge on any atom is 0.175 e. The van der Waals surface area contributed by atoms with Gasteiger partial charge in [0.05, 0.1) is 0 Å². The zero-order valence-electron chi connectivity index (χ0n) is 9.66. The molecule has 0 fully saturated rings. The molecule has 0 aliphatic carbocycles. The average molecular weight is 283 g/mol. The molecule has 0 saturated heterocycles. The summed E-state index contributed by atoms with van der Waals surface area (Å²) in [6.07, 6.45) is 3.65. The van der Waals surface area contributed by atoms with Gasteiger partial charge in [-0.05, 0) is 30.4 Å². The number of hydrogen-bond acceptors (Lipinski definition) is 6. The predicted octanol–water partition coefficient (Wildman–Crippen LogP) is 3.90. The van der Waals surface area contributed by atoms with Gasteiger partial charge < -0.3 is 0 Å². The predicted molar refractivity (Wildman–Crippen MR) is 74.8 cm³/mol. The summed E-state index contributed by atoms with van der Waals surface area (Å²) in [5, 5.41) is 8.73. The van der Waals surface area contributed by atoms with E-state index >= 15 is 0 Å². The van der Waals surface area contributed by atoms with E-state index in [1.54, 1.807) is 34.9 Å². The third-order valence-electron chi connectivity index (χ3n) is 2.11. The SMILES string of the molecule is CCSc1nnc(SC(C)c2ccncc2)s1. The summed E-state index contributed by atoms with van der Waals surface area (Å²) in [6, 6.07) is 4.08. The first-order chi connectivity index (χ1) is 8.29. The lowest BCUT2D eigenvalue weighted by Gasteiger charge is -2.07. The van der Waals surface area contributed by atoms with Crippen molar-refractivity contribution in [3.05, 3.63) is 30.1 Å². The van der Waals surface area contributed by atoms with E-state index in [9.17, 15) is 0 Å². The number of aromatic nitrogens is 3. The third-order valence-corrected chi connectivity index (χ3v) is 5.29. The van der Waals surface area contributed by atoms with Crippen LogP contribution in [0.25, 0.3) is 0 Å². The van der Waals surface area contributed by atoms with Gasteiger partial charge in [0, 0.05) is 17.6 Å². The molecule has 0 spiro atoms. The van der Waals surface area contributed by atoms with Crippen LogP contribution in [0.2, 0.25) is 0 Å². The lowest BCUT2D eigenvalue weighted by Crippen LogP contribution is -1.87. The van der Waals surface area contributed by atoms with E-state index in [4.69, 9.17) is 0 Å². The Balaban J connectivity index is 2.00. The van der Waals surface area contributed by atoms with E-state index < -0.39 is 0 Å². The van der Waals surface area contributed by atoms with Crippen molar-refractivity contribution < 1.29 is 0 Å². The molecule has 2 rings (SSSR count). The second-order valence-electron chi connectivity index (χ2n) is 3.31. The first-order valence-corrected chi connectivity index (χ1v) is 8.00. The molecule has 0 aromatic carbocycles. The average Bonchev–Trinajstić information content (AvgIpc) is 2.78. The van der Waals surface area contributed by atoms with Crippen LogP contribution in [0.5, 0.6) is 0 Å². The van der Waals surface area contributed by atoms with Gasteiger partial charge in [-0.15, -0.1) is 10.2 Å². The minimum Gasteiger partial charge on any atom is -0.265 e. The molecule has 0 N–H and O–H groups in total. The molecule has 0 aliphatic rings. The van der Waals surface area contributed by atoms with Gasteiger partial charge >= 0.3 is 0 Å². The molecule has 1 atom stereocenters. The number of rotatable bonds is 5. The van der Waals surface area contributed by atoms with Crippen LogP contribution in [-0.4, -0.2) is 20.9 Å². The standard InChI is InChI=1S/C11H13N3S3/c1-3-15-10-13-14-11(17-10)16-8(2)9-4-6-12-7-5-9/h4-8H,3H2,1-2H3. The van der Waals surface area contributed by atoms with Gasteiger partial charge in [0.2, 0.25) is 0 Å². The second kappa shape index (κ2) is 6.37. The smallest absolute Gasteiger partial charge is 0.175 e. The van der Waals surface area contributed by atoms with Gasteiger partial charge in [-0.2, -0.15) is 0 Å². The molecule has 2 heterocycles. The first kappa shape index (κ1) is 12.9. The summed E-state index contributed by atoms with van der Waals surface area (Å²) in [6.45, 7) is 4.30. The highest BCUT2D eigenvalue weighted by Crippen LogP contribution is 2.37. The Bertz CT molecular complexity index is 458. The van der Waals surface area contributed by atoms with Crippen molar-refractivity contribution in [3.63, 3.8) is 0 Å². The lowest BCUT2D eigenvalue weighted by molar-refractivity contribution is 0.949. The molecule has 0 radical (unpaired) electrons. The minimum atomic E-state index is 0.380. The molecule has 0 saturated carbocycles. The van der Waals surface area contributed by atoms with Crippen molar-refractivity contribution in [1.82, 2.24) is 15.2 Å². The molecule has 3 nitrogen and oxygen atoms in total. The molecule has 6 heteroatoms. The molecule has 90 valence electrons. The summed E-state index contributed by atoms with van der Waals surface area (Å²) in [5.74, 6) is 1.04. The van der Waals surface area contributed by atoms with E-state index in [1.165, 1.54) is 5.56 Å². The zero-order chi connectivity index (χ0) is 12.1. The fourth-order valence-electron chi connectivity index (χ4n) is 1.28. The number of thioether (sulfide) groups is 2. The van der Waals surface area contributed by atoms with Gasteiger partial charge in [0.25, 0.3) is 0 Å². The fraction of sp³-hybridized carbons (Fsp3) is 0.364. The van der Waals surface area contributed by atoms with Crippen molar-refractivity contribution in [2.45, 2.75) is 27.8 Å². The van der Waals surface area contributed by atoms with Crippen molar-refractivity contribution in [2.75, 3.05) is 5.75 Å². The summed E-state index contributed by atoms with van der Waals surface area (Å²) in [4.78, 5) is 4.03. The Morgan fingerprint density at radius 1 is 1.24 bits per heavy atom. The summed E-state index contributed by atoms with van der Waals surface area (Å²) in [7, 11) is 0. The Morgan fingerprint density at radius 3 is 2.65 bits per heavy atom.